The number of ether oxygens (including phenoxy) is 5. The molecule has 2 aromatic rings. The third kappa shape index (κ3) is 5.70. The van der Waals surface area contributed by atoms with E-state index in [4.69, 9.17) is 23.7 Å². The fraction of sp³-hybridized carbons (Fsp3) is 0.350. The van der Waals surface area contributed by atoms with Gasteiger partial charge in [-0.15, -0.1) is 0 Å². The summed E-state index contributed by atoms with van der Waals surface area (Å²) < 4.78 is 26.5. The predicted molar refractivity (Wildman–Crippen MR) is 102 cm³/mol. The first-order chi connectivity index (χ1) is 13.1. The van der Waals surface area contributed by atoms with E-state index in [9.17, 15) is 4.79 Å². The van der Waals surface area contributed by atoms with Gasteiger partial charge in [-0.3, -0.25) is 4.79 Å². The molecule has 1 amide bonds. The Morgan fingerprint density at radius 1 is 0.852 bits per heavy atom. The van der Waals surface area contributed by atoms with Gasteiger partial charge in [0.2, 0.25) is 11.7 Å². The van der Waals surface area contributed by atoms with E-state index in [2.05, 4.69) is 5.32 Å². The Labute approximate surface area is 159 Å². The smallest absolute Gasteiger partial charge is 0.224 e. The van der Waals surface area contributed by atoms with Crippen molar-refractivity contribution >= 4 is 11.6 Å². The van der Waals surface area contributed by atoms with Gasteiger partial charge in [0.05, 0.1) is 35.0 Å². The first-order valence-electron chi connectivity index (χ1n) is 8.48. The normalized spacial score (nSPS) is 10.1. The van der Waals surface area contributed by atoms with Crippen molar-refractivity contribution in [3.63, 3.8) is 0 Å². The fourth-order valence-corrected chi connectivity index (χ4v) is 2.47. The number of nitrogens with one attached hydrogen (secondary N) is 1. The number of benzene rings is 2. The maximum Gasteiger partial charge on any atom is 0.224 e. The van der Waals surface area contributed by atoms with Gasteiger partial charge in [-0.05, 0) is 30.7 Å². The van der Waals surface area contributed by atoms with Gasteiger partial charge < -0.3 is 29.0 Å². The molecule has 7 heteroatoms. The number of anilines is 1. The van der Waals surface area contributed by atoms with Crippen molar-refractivity contribution < 1.29 is 28.5 Å². The molecular formula is C20H25NO6. The van der Waals surface area contributed by atoms with Gasteiger partial charge in [0.1, 0.15) is 11.5 Å². The minimum atomic E-state index is -0.123. The van der Waals surface area contributed by atoms with Crippen LogP contribution in [0, 0.1) is 0 Å². The van der Waals surface area contributed by atoms with Crippen LogP contribution in [0.3, 0.4) is 0 Å². The summed E-state index contributed by atoms with van der Waals surface area (Å²) in [6.07, 6.45) is 0.912. The Morgan fingerprint density at radius 2 is 1.44 bits per heavy atom. The van der Waals surface area contributed by atoms with Crippen molar-refractivity contribution in [1.29, 1.82) is 0 Å². The molecule has 1 N–H and O–H groups in total. The van der Waals surface area contributed by atoms with E-state index < -0.39 is 0 Å². The Bertz CT molecular complexity index is 720. The summed E-state index contributed by atoms with van der Waals surface area (Å²) in [6, 6.07) is 10.7. The van der Waals surface area contributed by atoms with Gasteiger partial charge in [-0.25, -0.2) is 0 Å². The van der Waals surface area contributed by atoms with E-state index in [0.717, 1.165) is 11.5 Å². The molecule has 2 aromatic carbocycles. The number of hydrogen-bond donors (Lipinski definition) is 1. The Hall–Kier alpha value is -3.09. The monoisotopic (exact) mass is 375 g/mol. The molecule has 27 heavy (non-hydrogen) atoms. The first-order valence-corrected chi connectivity index (χ1v) is 8.48. The second kappa shape index (κ2) is 10.2. The van der Waals surface area contributed by atoms with Crippen molar-refractivity contribution in [1.82, 2.24) is 0 Å². The summed E-state index contributed by atoms with van der Waals surface area (Å²) >= 11 is 0. The zero-order valence-corrected chi connectivity index (χ0v) is 16.0. The van der Waals surface area contributed by atoms with Crippen molar-refractivity contribution in [3.05, 3.63) is 36.4 Å². The van der Waals surface area contributed by atoms with Crippen LogP contribution in [0.2, 0.25) is 0 Å². The van der Waals surface area contributed by atoms with Crippen molar-refractivity contribution in [2.75, 3.05) is 40.4 Å². The molecule has 0 saturated carbocycles. The highest BCUT2D eigenvalue weighted by Crippen LogP contribution is 2.39. The van der Waals surface area contributed by atoms with Crippen molar-refractivity contribution in [2.24, 2.45) is 0 Å². The second-order valence-corrected chi connectivity index (χ2v) is 5.59. The Balaban J connectivity index is 1.84. The topological polar surface area (TPSA) is 75.3 Å². The molecule has 0 unspecified atom stereocenters. The molecule has 0 aliphatic heterocycles. The van der Waals surface area contributed by atoms with E-state index in [1.165, 1.54) is 21.3 Å². The van der Waals surface area contributed by atoms with E-state index >= 15 is 0 Å². The molecule has 0 radical (unpaired) electrons. The van der Waals surface area contributed by atoms with Crippen LogP contribution >= 0.6 is 0 Å². The summed E-state index contributed by atoms with van der Waals surface area (Å²) in [6.45, 7) is 0.439. The van der Waals surface area contributed by atoms with Gasteiger partial charge >= 0.3 is 0 Å². The molecule has 0 atom stereocenters. The van der Waals surface area contributed by atoms with Gasteiger partial charge in [0.15, 0.2) is 11.5 Å². The molecule has 0 fully saturated rings. The molecular weight excluding hydrogens is 350 g/mol. The molecule has 2 rings (SSSR count). The molecule has 0 spiro atoms. The lowest BCUT2D eigenvalue weighted by Gasteiger charge is -2.14. The van der Waals surface area contributed by atoms with Crippen LogP contribution < -0.4 is 29.0 Å². The number of methoxy groups -OCH3 is 4. The largest absolute Gasteiger partial charge is 0.497 e. The van der Waals surface area contributed by atoms with E-state index in [1.54, 1.807) is 19.2 Å². The molecule has 0 saturated heterocycles. The Morgan fingerprint density at radius 3 is 1.96 bits per heavy atom. The second-order valence-electron chi connectivity index (χ2n) is 5.59. The molecule has 0 bridgehead atoms. The number of carbonyl (C=O) groups excluding carboxylic acids is 1. The molecule has 0 aliphatic rings. The lowest BCUT2D eigenvalue weighted by atomic mass is 10.2. The molecule has 0 aliphatic carbocycles. The SMILES string of the molecule is COc1ccc(OCCCC(=O)Nc2cc(OC)c(OC)c(OC)c2)cc1. The average Bonchev–Trinajstić information content (AvgIpc) is 2.70. The summed E-state index contributed by atoms with van der Waals surface area (Å²) in [5.74, 6) is 2.83. The molecule has 7 nitrogen and oxygen atoms in total. The van der Waals surface area contributed by atoms with Crippen LogP contribution in [0.25, 0.3) is 0 Å². The number of carbonyl (C=O) groups is 1. The first kappa shape index (κ1) is 20.2. The average molecular weight is 375 g/mol. The van der Waals surface area contributed by atoms with Crippen LogP contribution in [0.1, 0.15) is 12.8 Å². The predicted octanol–water partition coefficient (Wildman–Crippen LogP) is 3.52. The van der Waals surface area contributed by atoms with Gasteiger partial charge in [-0.2, -0.15) is 0 Å². The number of rotatable bonds is 10. The number of amides is 1. The van der Waals surface area contributed by atoms with Crippen LogP contribution in [0.15, 0.2) is 36.4 Å². The third-order valence-corrected chi connectivity index (χ3v) is 3.82. The van der Waals surface area contributed by atoms with E-state index in [1.807, 2.05) is 24.3 Å². The zero-order valence-electron chi connectivity index (χ0n) is 16.0. The van der Waals surface area contributed by atoms with Crippen LogP contribution in [-0.4, -0.2) is 41.0 Å². The summed E-state index contributed by atoms with van der Waals surface area (Å²) in [5, 5.41) is 2.83. The minimum Gasteiger partial charge on any atom is -0.497 e. The van der Waals surface area contributed by atoms with Crippen LogP contribution in [0.5, 0.6) is 28.7 Å². The van der Waals surface area contributed by atoms with Crippen molar-refractivity contribution in [3.8, 4) is 28.7 Å². The van der Waals surface area contributed by atoms with E-state index in [0.29, 0.717) is 42.4 Å². The third-order valence-electron chi connectivity index (χ3n) is 3.82. The lowest BCUT2D eigenvalue weighted by Crippen LogP contribution is -2.13. The fourth-order valence-electron chi connectivity index (χ4n) is 2.47. The highest BCUT2D eigenvalue weighted by Gasteiger charge is 2.14. The van der Waals surface area contributed by atoms with Crippen LogP contribution in [0.4, 0.5) is 5.69 Å². The highest BCUT2D eigenvalue weighted by molar-refractivity contribution is 5.91. The zero-order chi connectivity index (χ0) is 19.6. The van der Waals surface area contributed by atoms with Gasteiger partial charge in [0.25, 0.3) is 0 Å². The summed E-state index contributed by atoms with van der Waals surface area (Å²) in [7, 11) is 6.20. The maximum absolute atomic E-state index is 12.2. The summed E-state index contributed by atoms with van der Waals surface area (Å²) in [5.41, 5.74) is 0.575. The minimum absolute atomic E-state index is 0.123. The summed E-state index contributed by atoms with van der Waals surface area (Å²) in [4.78, 5) is 12.2. The maximum atomic E-state index is 12.2. The molecule has 0 aromatic heterocycles. The van der Waals surface area contributed by atoms with Crippen LogP contribution in [-0.2, 0) is 4.79 Å². The van der Waals surface area contributed by atoms with Crippen molar-refractivity contribution in [2.45, 2.75) is 12.8 Å². The Kier molecular flexibility index (Phi) is 7.61. The molecule has 0 heterocycles. The standard InChI is InChI=1S/C20H25NO6/c1-23-15-7-9-16(10-8-15)27-11-5-6-19(22)21-14-12-17(24-2)20(26-4)18(13-14)25-3/h7-10,12-13H,5-6,11H2,1-4H3,(H,21,22). The van der Waals surface area contributed by atoms with E-state index in [-0.39, 0.29) is 5.91 Å². The van der Waals surface area contributed by atoms with Gasteiger partial charge in [0, 0.05) is 24.2 Å². The number of hydrogen-bond acceptors (Lipinski definition) is 6. The quantitative estimate of drug-likeness (QED) is 0.641. The lowest BCUT2D eigenvalue weighted by molar-refractivity contribution is -0.116. The van der Waals surface area contributed by atoms with Gasteiger partial charge in [-0.1, -0.05) is 0 Å². The molecule has 146 valence electrons. The highest BCUT2D eigenvalue weighted by atomic mass is 16.5.